The van der Waals surface area contributed by atoms with E-state index in [1.807, 2.05) is 7.05 Å². The van der Waals surface area contributed by atoms with E-state index in [1.165, 1.54) is 6.07 Å². The lowest BCUT2D eigenvalue weighted by Crippen LogP contribution is -2.39. The number of guanidine groups is 1. The number of aliphatic imine (C=N–C) groups is 1. The van der Waals surface area contributed by atoms with Gasteiger partial charge in [-0.3, -0.25) is 15.1 Å². The summed E-state index contributed by atoms with van der Waals surface area (Å²) in [4.78, 5) is 14.7. The number of hydrogen-bond donors (Lipinski definition) is 3. The topological polar surface area (TPSA) is 96.5 Å². The van der Waals surface area contributed by atoms with Gasteiger partial charge in [0.2, 0.25) is 0 Å². The SMILES string of the molecule is CN=C(NCCNc1ccccc1[N+](=O)[O-])NCc1cc(Cl)c(Cl)n1C. The Labute approximate surface area is 161 Å². The molecular weight excluding hydrogens is 379 g/mol. The Kier molecular flexibility index (Phi) is 7.11. The Bertz CT molecular complexity index is 806. The first-order valence-corrected chi connectivity index (χ1v) is 8.61. The van der Waals surface area contributed by atoms with Crippen molar-refractivity contribution in [3.8, 4) is 0 Å². The maximum atomic E-state index is 11.0. The van der Waals surface area contributed by atoms with Crippen LogP contribution >= 0.6 is 23.2 Å². The van der Waals surface area contributed by atoms with Crippen LogP contribution in [0.4, 0.5) is 11.4 Å². The number of hydrogen-bond acceptors (Lipinski definition) is 4. The van der Waals surface area contributed by atoms with Gasteiger partial charge in [0.05, 0.1) is 16.5 Å². The smallest absolute Gasteiger partial charge is 0.292 e. The maximum absolute atomic E-state index is 11.0. The van der Waals surface area contributed by atoms with Gasteiger partial charge in [-0.2, -0.15) is 0 Å². The summed E-state index contributed by atoms with van der Waals surface area (Å²) in [5.41, 5.74) is 1.45. The fourth-order valence-corrected chi connectivity index (χ4v) is 2.73. The minimum absolute atomic E-state index is 0.0486. The fraction of sp³-hybridized carbons (Fsp3) is 0.312. The highest BCUT2D eigenvalue weighted by Gasteiger charge is 2.11. The van der Waals surface area contributed by atoms with Crippen LogP contribution in [0, 0.1) is 10.1 Å². The van der Waals surface area contributed by atoms with Crippen LogP contribution < -0.4 is 16.0 Å². The summed E-state index contributed by atoms with van der Waals surface area (Å²) in [7, 11) is 3.49. The van der Waals surface area contributed by atoms with E-state index in [-0.39, 0.29) is 5.69 Å². The Morgan fingerprint density at radius 1 is 1.27 bits per heavy atom. The van der Waals surface area contributed by atoms with Crippen LogP contribution in [0.5, 0.6) is 0 Å². The van der Waals surface area contributed by atoms with E-state index >= 15 is 0 Å². The van der Waals surface area contributed by atoms with Crippen molar-refractivity contribution in [2.24, 2.45) is 12.0 Å². The quantitative estimate of drug-likeness (QED) is 0.219. The predicted molar refractivity (Wildman–Crippen MR) is 105 cm³/mol. The van der Waals surface area contributed by atoms with Gasteiger partial charge in [-0.25, -0.2) is 0 Å². The highest BCUT2D eigenvalue weighted by Crippen LogP contribution is 2.25. The molecule has 0 saturated heterocycles. The molecule has 0 aliphatic carbocycles. The zero-order valence-electron chi connectivity index (χ0n) is 14.4. The molecule has 3 N–H and O–H groups in total. The van der Waals surface area contributed by atoms with Crippen molar-refractivity contribution in [1.82, 2.24) is 15.2 Å². The number of nitro benzene ring substituents is 1. The van der Waals surface area contributed by atoms with Crippen LogP contribution in [0.1, 0.15) is 5.69 Å². The van der Waals surface area contributed by atoms with Crippen LogP contribution in [0.25, 0.3) is 0 Å². The van der Waals surface area contributed by atoms with Gasteiger partial charge in [0.15, 0.2) is 5.96 Å². The summed E-state index contributed by atoms with van der Waals surface area (Å²) in [6.45, 7) is 1.52. The zero-order valence-corrected chi connectivity index (χ0v) is 15.9. The van der Waals surface area contributed by atoms with Gasteiger partial charge < -0.3 is 20.5 Å². The highest BCUT2D eigenvalue weighted by atomic mass is 35.5. The van der Waals surface area contributed by atoms with Crippen molar-refractivity contribution in [2.45, 2.75) is 6.54 Å². The summed E-state index contributed by atoms with van der Waals surface area (Å²) in [6, 6.07) is 8.31. The molecule has 0 radical (unpaired) electrons. The van der Waals surface area contributed by atoms with Crippen LogP contribution in [0.15, 0.2) is 35.3 Å². The van der Waals surface area contributed by atoms with Gasteiger partial charge in [0, 0.05) is 38.9 Å². The lowest BCUT2D eigenvalue weighted by atomic mass is 10.2. The van der Waals surface area contributed by atoms with Crippen molar-refractivity contribution in [1.29, 1.82) is 0 Å². The van der Waals surface area contributed by atoms with Crippen LogP contribution in [0.3, 0.4) is 0 Å². The van der Waals surface area contributed by atoms with E-state index in [0.29, 0.717) is 41.5 Å². The Hall–Kier alpha value is -2.45. The molecule has 1 aromatic heterocycles. The van der Waals surface area contributed by atoms with Crippen molar-refractivity contribution >= 4 is 40.5 Å². The molecule has 0 saturated carbocycles. The second kappa shape index (κ2) is 9.30. The van der Waals surface area contributed by atoms with Gasteiger partial charge in [0.25, 0.3) is 5.69 Å². The fourth-order valence-electron chi connectivity index (χ4n) is 2.31. The molecule has 0 aliphatic heterocycles. The number of halogens is 2. The average Bonchev–Trinajstić information content (AvgIpc) is 2.88. The van der Waals surface area contributed by atoms with Crippen LogP contribution in [-0.2, 0) is 13.6 Å². The lowest BCUT2D eigenvalue weighted by Gasteiger charge is -2.13. The lowest BCUT2D eigenvalue weighted by molar-refractivity contribution is -0.384. The van der Waals surface area contributed by atoms with E-state index in [1.54, 1.807) is 35.9 Å². The van der Waals surface area contributed by atoms with E-state index in [2.05, 4.69) is 20.9 Å². The standard InChI is InChI=1S/C16H20Cl2N6O2/c1-19-16(22-10-11-9-12(17)15(18)23(11)2)21-8-7-20-13-5-3-4-6-14(13)24(25)26/h3-6,9,20H,7-8,10H2,1-2H3,(H2,19,21,22). The molecule has 2 aromatic rings. The number of rotatable bonds is 7. The highest BCUT2D eigenvalue weighted by molar-refractivity contribution is 6.41. The molecule has 0 amide bonds. The minimum Gasteiger partial charge on any atom is -0.378 e. The van der Waals surface area contributed by atoms with E-state index in [0.717, 1.165) is 5.69 Å². The first-order valence-electron chi connectivity index (χ1n) is 7.85. The van der Waals surface area contributed by atoms with E-state index in [4.69, 9.17) is 23.2 Å². The second-order valence-electron chi connectivity index (χ2n) is 5.39. The molecule has 0 spiro atoms. The Balaban J connectivity index is 1.81. The normalized spacial score (nSPS) is 11.3. The van der Waals surface area contributed by atoms with Crippen molar-refractivity contribution in [3.05, 3.63) is 56.3 Å². The molecule has 0 bridgehead atoms. The van der Waals surface area contributed by atoms with E-state index in [9.17, 15) is 10.1 Å². The van der Waals surface area contributed by atoms with Crippen molar-refractivity contribution in [2.75, 3.05) is 25.5 Å². The monoisotopic (exact) mass is 398 g/mol. The molecule has 140 valence electrons. The Morgan fingerprint density at radius 3 is 2.62 bits per heavy atom. The first-order chi connectivity index (χ1) is 12.4. The third kappa shape index (κ3) is 5.03. The number of nitrogens with one attached hydrogen (secondary N) is 3. The number of nitro groups is 1. The van der Waals surface area contributed by atoms with Crippen LogP contribution in [-0.4, -0.2) is 35.6 Å². The number of nitrogens with zero attached hydrogens (tertiary/aromatic N) is 3. The molecule has 0 unspecified atom stereocenters. The average molecular weight is 399 g/mol. The first kappa shape index (κ1) is 19.9. The largest absolute Gasteiger partial charge is 0.378 e. The predicted octanol–water partition coefficient (Wildman–Crippen LogP) is 3.02. The number of benzene rings is 1. The molecular formula is C16H20Cl2N6O2. The number of anilines is 1. The third-order valence-electron chi connectivity index (χ3n) is 3.71. The van der Waals surface area contributed by atoms with E-state index < -0.39 is 4.92 Å². The molecule has 1 heterocycles. The molecule has 8 nitrogen and oxygen atoms in total. The van der Waals surface area contributed by atoms with Gasteiger partial charge in [-0.15, -0.1) is 0 Å². The summed E-state index contributed by atoms with van der Waals surface area (Å²) in [5.74, 6) is 0.600. The van der Waals surface area contributed by atoms with Crippen LogP contribution in [0.2, 0.25) is 10.2 Å². The second-order valence-corrected chi connectivity index (χ2v) is 6.15. The molecule has 0 aliphatic rings. The molecule has 10 heteroatoms. The van der Waals surface area contributed by atoms with Crippen molar-refractivity contribution in [3.63, 3.8) is 0 Å². The minimum atomic E-state index is -0.410. The van der Waals surface area contributed by atoms with Gasteiger partial charge in [-0.05, 0) is 12.1 Å². The molecule has 0 atom stereocenters. The third-order valence-corrected chi connectivity index (χ3v) is 4.55. The molecule has 2 rings (SSSR count). The summed E-state index contributed by atoms with van der Waals surface area (Å²) in [5, 5.41) is 21.3. The van der Waals surface area contributed by atoms with Crippen molar-refractivity contribution < 1.29 is 4.92 Å². The summed E-state index contributed by atoms with van der Waals surface area (Å²) >= 11 is 12.0. The van der Waals surface area contributed by atoms with Gasteiger partial charge in [-0.1, -0.05) is 35.3 Å². The van der Waals surface area contributed by atoms with Gasteiger partial charge in [0.1, 0.15) is 10.8 Å². The summed E-state index contributed by atoms with van der Waals surface area (Å²) < 4.78 is 1.79. The molecule has 26 heavy (non-hydrogen) atoms. The maximum Gasteiger partial charge on any atom is 0.292 e. The zero-order chi connectivity index (χ0) is 19.1. The Morgan fingerprint density at radius 2 is 2.00 bits per heavy atom. The van der Waals surface area contributed by atoms with Gasteiger partial charge >= 0.3 is 0 Å². The molecule has 0 fully saturated rings. The number of para-hydroxylation sites is 2. The number of aromatic nitrogens is 1. The summed E-state index contributed by atoms with van der Waals surface area (Å²) in [6.07, 6.45) is 0. The molecule has 1 aromatic carbocycles.